The zero-order chi connectivity index (χ0) is 33.7. The number of imidazole rings is 1. The molecular formula is C46H29N5. The largest absolute Gasteiger partial charge is 0.299 e. The van der Waals surface area contributed by atoms with E-state index in [2.05, 4.69) is 162 Å². The van der Waals surface area contributed by atoms with Crippen molar-refractivity contribution in [3.8, 4) is 56.4 Å². The van der Waals surface area contributed by atoms with E-state index in [9.17, 15) is 0 Å². The molecule has 5 heteroatoms. The van der Waals surface area contributed by atoms with Crippen LogP contribution in [0.5, 0.6) is 0 Å². The number of fused-ring (bicyclic) bond motifs is 8. The van der Waals surface area contributed by atoms with Crippen LogP contribution in [0.2, 0.25) is 0 Å². The normalized spacial score (nSPS) is 11.5. The number of benzene rings is 7. The van der Waals surface area contributed by atoms with Crippen molar-refractivity contribution >= 4 is 38.2 Å². The lowest BCUT2D eigenvalue weighted by Gasteiger charge is -2.12. The second-order valence-electron chi connectivity index (χ2n) is 12.7. The van der Waals surface area contributed by atoms with Crippen molar-refractivity contribution in [3.05, 3.63) is 176 Å². The Balaban J connectivity index is 1.16. The molecule has 10 rings (SSSR count). The highest BCUT2D eigenvalue weighted by atomic mass is 15.0. The SMILES string of the molecule is c1ccc(-c2ccc(-c3nc(-c4ccc(-c5ccccc5)cc4)nc(-c4ccc5c(c4)c4ccccc4c4nc6ccccn6c54)n3)cc2)cc1. The summed E-state index contributed by atoms with van der Waals surface area (Å²) in [6.45, 7) is 0. The molecule has 3 heterocycles. The third-order valence-electron chi connectivity index (χ3n) is 9.67. The van der Waals surface area contributed by atoms with Gasteiger partial charge in [0.05, 0.1) is 11.0 Å². The van der Waals surface area contributed by atoms with Crippen molar-refractivity contribution in [1.82, 2.24) is 24.3 Å². The molecular weight excluding hydrogens is 623 g/mol. The first-order valence-corrected chi connectivity index (χ1v) is 17.1. The molecule has 0 spiro atoms. The van der Waals surface area contributed by atoms with Crippen LogP contribution in [0.15, 0.2) is 176 Å². The highest BCUT2D eigenvalue weighted by molar-refractivity contribution is 6.24. The van der Waals surface area contributed by atoms with Crippen molar-refractivity contribution < 1.29 is 0 Å². The molecule has 3 aromatic heterocycles. The Kier molecular flexibility index (Phi) is 6.74. The summed E-state index contributed by atoms with van der Waals surface area (Å²) in [4.78, 5) is 20.3. The molecule has 0 fully saturated rings. The van der Waals surface area contributed by atoms with Crippen molar-refractivity contribution in [2.24, 2.45) is 0 Å². The zero-order valence-electron chi connectivity index (χ0n) is 27.5. The summed E-state index contributed by atoms with van der Waals surface area (Å²) < 4.78 is 2.18. The van der Waals surface area contributed by atoms with E-state index in [0.29, 0.717) is 17.5 Å². The molecule has 238 valence electrons. The molecule has 51 heavy (non-hydrogen) atoms. The van der Waals surface area contributed by atoms with Crippen molar-refractivity contribution in [3.63, 3.8) is 0 Å². The highest BCUT2D eigenvalue weighted by Gasteiger charge is 2.17. The number of pyridine rings is 1. The third kappa shape index (κ3) is 5.03. The minimum atomic E-state index is 0.624. The lowest BCUT2D eigenvalue weighted by atomic mass is 9.97. The molecule has 5 nitrogen and oxygen atoms in total. The van der Waals surface area contributed by atoms with Gasteiger partial charge in [0.15, 0.2) is 17.5 Å². The highest BCUT2D eigenvalue weighted by Crippen LogP contribution is 2.37. The second-order valence-corrected chi connectivity index (χ2v) is 12.7. The summed E-state index contributed by atoms with van der Waals surface area (Å²) in [6, 6.07) is 58.9. The van der Waals surface area contributed by atoms with E-state index in [4.69, 9.17) is 19.9 Å². The van der Waals surface area contributed by atoms with E-state index >= 15 is 0 Å². The van der Waals surface area contributed by atoms with E-state index in [1.54, 1.807) is 0 Å². The topological polar surface area (TPSA) is 56.0 Å². The van der Waals surface area contributed by atoms with E-state index in [1.165, 1.54) is 11.1 Å². The average molecular weight is 652 g/mol. The lowest BCUT2D eigenvalue weighted by Crippen LogP contribution is -2.00. The maximum atomic E-state index is 5.12. The fraction of sp³-hybridized carbons (Fsp3) is 0. The van der Waals surface area contributed by atoms with Gasteiger partial charge in [-0.15, -0.1) is 0 Å². The van der Waals surface area contributed by atoms with Gasteiger partial charge in [0, 0.05) is 33.7 Å². The number of rotatable bonds is 5. The summed E-state index contributed by atoms with van der Waals surface area (Å²) in [6.07, 6.45) is 2.09. The van der Waals surface area contributed by atoms with Crippen LogP contribution in [0, 0.1) is 0 Å². The summed E-state index contributed by atoms with van der Waals surface area (Å²) in [7, 11) is 0. The lowest BCUT2D eigenvalue weighted by molar-refractivity contribution is 1.07. The minimum absolute atomic E-state index is 0.624. The fourth-order valence-electron chi connectivity index (χ4n) is 7.13. The molecule has 0 aliphatic heterocycles. The van der Waals surface area contributed by atoms with Gasteiger partial charge < -0.3 is 0 Å². The van der Waals surface area contributed by atoms with Crippen LogP contribution in [0.25, 0.3) is 94.6 Å². The Hall–Kier alpha value is -6.98. The van der Waals surface area contributed by atoms with Gasteiger partial charge in [-0.3, -0.25) is 4.40 Å². The van der Waals surface area contributed by atoms with Gasteiger partial charge in [-0.2, -0.15) is 0 Å². The molecule has 0 unspecified atom stereocenters. The van der Waals surface area contributed by atoms with Crippen LogP contribution in [0.3, 0.4) is 0 Å². The molecule has 0 saturated carbocycles. The first-order valence-electron chi connectivity index (χ1n) is 17.1. The molecule has 0 aliphatic carbocycles. The van der Waals surface area contributed by atoms with Gasteiger partial charge in [-0.05, 0) is 51.2 Å². The molecule has 0 bridgehead atoms. The van der Waals surface area contributed by atoms with Crippen LogP contribution in [-0.4, -0.2) is 24.3 Å². The summed E-state index contributed by atoms with van der Waals surface area (Å²) in [5.74, 6) is 1.88. The molecule has 0 aliphatic rings. The Labute approximate surface area is 294 Å². The number of hydrogen-bond donors (Lipinski definition) is 0. The van der Waals surface area contributed by atoms with Gasteiger partial charge in [-0.1, -0.05) is 152 Å². The molecule has 0 amide bonds. The number of hydrogen-bond acceptors (Lipinski definition) is 4. The van der Waals surface area contributed by atoms with E-state index in [0.717, 1.165) is 66.0 Å². The zero-order valence-corrected chi connectivity index (χ0v) is 27.5. The standard InChI is InChI=1S/C46H29N5/c1-3-11-30(12-4-1)32-18-22-34(23-19-32)44-48-45(35-24-20-33(21-25-35)31-13-5-2-6-14-31)50-46(49-44)36-26-27-39-40(29-36)37-15-7-8-16-38(37)42-43(39)51-28-10-9-17-41(51)47-42/h1-29H. The van der Waals surface area contributed by atoms with Crippen molar-refractivity contribution in [1.29, 1.82) is 0 Å². The molecule has 7 aromatic carbocycles. The minimum Gasteiger partial charge on any atom is -0.299 e. The maximum Gasteiger partial charge on any atom is 0.164 e. The molecule has 0 radical (unpaired) electrons. The predicted molar refractivity (Wildman–Crippen MR) is 208 cm³/mol. The smallest absolute Gasteiger partial charge is 0.164 e. The maximum absolute atomic E-state index is 5.12. The molecule has 0 saturated heterocycles. The third-order valence-corrected chi connectivity index (χ3v) is 9.67. The first kappa shape index (κ1) is 29.0. The Morgan fingerprint density at radius 1 is 0.314 bits per heavy atom. The van der Waals surface area contributed by atoms with E-state index < -0.39 is 0 Å². The van der Waals surface area contributed by atoms with Crippen molar-refractivity contribution in [2.45, 2.75) is 0 Å². The Morgan fingerprint density at radius 3 is 1.39 bits per heavy atom. The monoisotopic (exact) mass is 651 g/mol. The van der Waals surface area contributed by atoms with Crippen LogP contribution in [0.1, 0.15) is 0 Å². The van der Waals surface area contributed by atoms with Gasteiger partial charge >= 0.3 is 0 Å². The molecule has 0 N–H and O–H groups in total. The molecule has 0 atom stereocenters. The van der Waals surface area contributed by atoms with Crippen LogP contribution in [-0.2, 0) is 0 Å². The van der Waals surface area contributed by atoms with Crippen LogP contribution >= 0.6 is 0 Å². The second kappa shape index (κ2) is 11.9. The predicted octanol–water partition coefficient (Wildman–Crippen LogP) is 11.3. The van der Waals surface area contributed by atoms with Crippen LogP contribution < -0.4 is 0 Å². The summed E-state index contributed by atoms with van der Waals surface area (Å²) >= 11 is 0. The number of aromatic nitrogens is 5. The van der Waals surface area contributed by atoms with Gasteiger partial charge in [0.1, 0.15) is 5.65 Å². The first-order chi connectivity index (χ1) is 25.3. The number of nitrogens with zero attached hydrogens (tertiary/aromatic N) is 5. The van der Waals surface area contributed by atoms with Gasteiger partial charge in [0.25, 0.3) is 0 Å². The van der Waals surface area contributed by atoms with Crippen LogP contribution in [0.4, 0.5) is 0 Å². The average Bonchev–Trinajstić information content (AvgIpc) is 3.62. The quantitative estimate of drug-likeness (QED) is 0.174. The Bertz CT molecular complexity index is 2780. The van der Waals surface area contributed by atoms with Crippen molar-refractivity contribution in [2.75, 3.05) is 0 Å². The Morgan fingerprint density at radius 2 is 0.784 bits per heavy atom. The van der Waals surface area contributed by atoms with E-state index in [1.807, 2.05) is 18.2 Å². The summed E-state index contributed by atoms with van der Waals surface area (Å²) in [5, 5.41) is 4.53. The van der Waals surface area contributed by atoms with Gasteiger partial charge in [0.2, 0.25) is 0 Å². The van der Waals surface area contributed by atoms with E-state index in [-0.39, 0.29) is 0 Å². The fourth-order valence-corrected chi connectivity index (χ4v) is 7.13. The van der Waals surface area contributed by atoms with Gasteiger partial charge in [-0.25, -0.2) is 19.9 Å². The molecule has 10 aromatic rings. The summed E-state index contributed by atoms with van der Waals surface area (Å²) in [5.41, 5.74) is 10.4.